The van der Waals surface area contributed by atoms with Crippen molar-refractivity contribution in [1.82, 2.24) is 9.88 Å². The van der Waals surface area contributed by atoms with Gasteiger partial charge in [0.15, 0.2) is 0 Å². The van der Waals surface area contributed by atoms with E-state index in [-0.39, 0.29) is 28.2 Å². The number of benzene rings is 1. The largest absolute Gasteiger partial charge is 0.419 e. The summed E-state index contributed by atoms with van der Waals surface area (Å²) in [5, 5.41) is 14.0. The first-order valence-corrected chi connectivity index (χ1v) is 9.62. The molecule has 2 amide bonds. The summed E-state index contributed by atoms with van der Waals surface area (Å²) in [7, 11) is 1.44. The summed E-state index contributed by atoms with van der Waals surface area (Å²) >= 11 is 0. The third kappa shape index (κ3) is 5.14. The number of hydrogen-bond acceptors (Lipinski definition) is 4. The number of aliphatic hydroxyl groups is 1. The fraction of sp³-hybridized carbons (Fsp3) is 0.318. The molecule has 0 bridgehead atoms. The van der Waals surface area contributed by atoms with Gasteiger partial charge in [0.1, 0.15) is 11.5 Å². The van der Waals surface area contributed by atoms with E-state index in [4.69, 9.17) is 0 Å². The number of amides is 2. The Morgan fingerprint density at radius 1 is 1.21 bits per heavy atom. The SMILES string of the molecule is C=C[C@@](C)(CO)NC(=O)C(=O)c1c(C)c(C(=O)Nc2ccc(F)c(C(F)(F)F)c2)n(C)c1C. The van der Waals surface area contributed by atoms with Gasteiger partial charge in [-0.25, -0.2) is 4.39 Å². The average molecular weight is 469 g/mol. The highest BCUT2D eigenvalue weighted by Crippen LogP contribution is 2.33. The van der Waals surface area contributed by atoms with Crippen molar-refractivity contribution in [2.75, 3.05) is 11.9 Å². The summed E-state index contributed by atoms with van der Waals surface area (Å²) in [6, 6.07) is 2.01. The van der Waals surface area contributed by atoms with E-state index in [1.807, 2.05) is 0 Å². The van der Waals surface area contributed by atoms with Gasteiger partial charge in [0.2, 0.25) is 0 Å². The third-order valence-corrected chi connectivity index (χ3v) is 5.29. The van der Waals surface area contributed by atoms with Crippen LogP contribution in [0.4, 0.5) is 23.2 Å². The van der Waals surface area contributed by atoms with Crippen molar-refractivity contribution < 1.29 is 37.1 Å². The van der Waals surface area contributed by atoms with Crippen molar-refractivity contribution in [3.63, 3.8) is 0 Å². The van der Waals surface area contributed by atoms with Gasteiger partial charge in [-0.1, -0.05) is 6.08 Å². The molecule has 0 aliphatic carbocycles. The second kappa shape index (κ2) is 9.18. The molecule has 11 heteroatoms. The Kier molecular flexibility index (Phi) is 7.17. The molecule has 0 fully saturated rings. The predicted molar refractivity (Wildman–Crippen MR) is 112 cm³/mol. The van der Waals surface area contributed by atoms with Crippen LogP contribution in [-0.4, -0.2) is 39.4 Å². The molecule has 0 spiro atoms. The molecule has 3 N–H and O–H groups in total. The fourth-order valence-electron chi connectivity index (χ4n) is 3.23. The van der Waals surface area contributed by atoms with Crippen LogP contribution in [0.15, 0.2) is 30.9 Å². The van der Waals surface area contributed by atoms with Crippen LogP contribution in [0.25, 0.3) is 0 Å². The Bertz CT molecular complexity index is 1140. The molecule has 0 radical (unpaired) electrons. The highest BCUT2D eigenvalue weighted by molar-refractivity contribution is 6.43. The Labute approximate surface area is 187 Å². The number of nitrogens with zero attached hydrogens (tertiary/aromatic N) is 1. The summed E-state index contributed by atoms with van der Waals surface area (Å²) in [5.41, 5.74) is -2.85. The zero-order chi connectivity index (χ0) is 25.3. The monoisotopic (exact) mass is 469 g/mol. The number of halogens is 4. The molecule has 2 rings (SSSR count). The lowest BCUT2D eigenvalue weighted by molar-refractivity contribution is -0.140. The van der Waals surface area contributed by atoms with Crippen LogP contribution in [0.3, 0.4) is 0 Å². The van der Waals surface area contributed by atoms with Crippen LogP contribution in [0, 0.1) is 19.7 Å². The molecule has 178 valence electrons. The van der Waals surface area contributed by atoms with Gasteiger partial charge in [-0.05, 0) is 44.5 Å². The second-order valence-corrected chi connectivity index (χ2v) is 7.70. The molecular formula is C22H23F4N3O4. The van der Waals surface area contributed by atoms with Crippen LogP contribution in [-0.2, 0) is 18.0 Å². The molecule has 1 heterocycles. The van der Waals surface area contributed by atoms with Gasteiger partial charge in [-0.15, -0.1) is 6.58 Å². The number of rotatable bonds is 7. The van der Waals surface area contributed by atoms with Gasteiger partial charge in [-0.2, -0.15) is 13.2 Å². The molecule has 0 saturated carbocycles. The Morgan fingerprint density at radius 2 is 1.82 bits per heavy atom. The van der Waals surface area contributed by atoms with Crippen LogP contribution in [0.2, 0.25) is 0 Å². The van der Waals surface area contributed by atoms with E-state index >= 15 is 0 Å². The van der Waals surface area contributed by atoms with Gasteiger partial charge in [-0.3, -0.25) is 14.4 Å². The Hall–Kier alpha value is -3.47. The summed E-state index contributed by atoms with van der Waals surface area (Å²) in [6.45, 7) is 7.34. The molecule has 0 aliphatic rings. The maximum Gasteiger partial charge on any atom is 0.419 e. The topological polar surface area (TPSA) is 100 Å². The molecule has 1 atom stereocenters. The number of aliphatic hydroxyl groups excluding tert-OH is 1. The maximum absolute atomic E-state index is 13.5. The first kappa shape index (κ1) is 25.8. The minimum Gasteiger partial charge on any atom is -0.394 e. The van der Waals surface area contributed by atoms with E-state index in [1.54, 1.807) is 0 Å². The number of alkyl halides is 3. The molecule has 2 aromatic rings. The predicted octanol–water partition coefficient (Wildman–Crippen LogP) is 3.29. The van der Waals surface area contributed by atoms with E-state index in [9.17, 15) is 37.1 Å². The number of carbonyl (C=O) groups is 3. The minimum atomic E-state index is -4.95. The minimum absolute atomic E-state index is 0.0698. The number of anilines is 1. The van der Waals surface area contributed by atoms with E-state index in [0.717, 1.165) is 6.07 Å². The molecule has 0 aliphatic heterocycles. The molecule has 0 unspecified atom stereocenters. The number of ketones is 1. The van der Waals surface area contributed by atoms with Crippen LogP contribution in [0.1, 0.15) is 44.6 Å². The molecule has 33 heavy (non-hydrogen) atoms. The third-order valence-electron chi connectivity index (χ3n) is 5.29. The highest BCUT2D eigenvalue weighted by atomic mass is 19.4. The maximum atomic E-state index is 13.5. The van der Waals surface area contributed by atoms with Gasteiger partial charge in [0, 0.05) is 18.4 Å². The van der Waals surface area contributed by atoms with Gasteiger partial charge in [0.05, 0.1) is 23.3 Å². The smallest absolute Gasteiger partial charge is 0.394 e. The van der Waals surface area contributed by atoms with E-state index in [0.29, 0.717) is 12.1 Å². The van der Waals surface area contributed by atoms with Crippen LogP contribution >= 0.6 is 0 Å². The molecule has 1 aromatic heterocycles. The lowest BCUT2D eigenvalue weighted by Crippen LogP contribution is -2.49. The van der Waals surface area contributed by atoms with E-state index in [1.165, 1.54) is 38.5 Å². The number of hydrogen-bond donors (Lipinski definition) is 3. The number of nitrogens with one attached hydrogen (secondary N) is 2. The zero-order valence-corrected chi connectivity index (χ0v) is 18.4. The first-order valence-electron chi connectivity index (χ1n) is 9.62. The van der Waals surface area contributed by atoms with Crippen molar-refractivity contribution in [3.05, 3.63) is 64.7 Å². The van der Waals surface area contributed by atoms with Gasteiger partial charge < -0.3 is 20.3 Å². The van der Waals surface area contributed by atoms with E-state index < -0.39 is 47.3 Å². The molecular weight excluding hydrogens is 446 g/mol. The fourth-order valence-corrected chi connectivity index (χ4v) is 3.23. The van der Waals surface area contributed by atoms with Crippen molar-refractivity contribution in [1.29, 1.82) is 0 Å². The Morgan fingerprint density at radius 3 is 2.33 bits per heavy atom. The molecule has 1 aromatic carbocycles. The van der Waals surface area contributed by atoms with Gasteiger partial charge in [0.25, 0.3) is 17.6 Å². The second-order valence-electron chi connectivity index (χ2n) is 7.70. The van der Waals surface area contributed by atoms with E-state index in [2.05, 4.69) is 17.2 Å². The lowest BCUT2D eigenvalue weighted by atomic mass is 10.0. The van der Waals surface area contributed by atoms with Crippen molar-refractivity contribution >= 4 is 23.3 Å². The molecule has 7 nitrogen and oxygen atoms in total. The van der Waals surface area contributed by atoms with Crippen LogP contribution < -0.4 is 10.6 Å². The number of carbonyl (C=O) groups excluding carboxylic acids is 3. The number of aromatic nitrogens is 1. The first-order chi connectivity index (χ1) is 15.2. The summed E-state index contributed by atoms with van der Waals surface area (Å²) in [6.07, 6.45) is -3.69. The van der Waals surface area contributed by atoms with Crippen molar-refractivity contribution in [3.8, 4) is 0 Å². The average Bonchev–Trinajstić information content (AvgIpc) is 2.96. The van der Waals surface area contributed by atoms with Crippen molar-refractivity contribution in [2.24, 2.45) is 7.05 Å². The normalized spacial score (nSPS) is 13.2. The molecule has 0 saturated heterocycles. The zero-order valence-electron chi connectivity index (χ0n) is 18.4. The Balaban J connectivity index is 2.40. The summed E-state index contributed by atoms with van der Waals surface area (Å²) in [4.78, 5) is 38.1. The lowest BCUT2D eigenvalue weighted by Gasteiger charge is -2.24. The number of Topliss-reactive ketones (excluding diaryl/α,β-unsaturated/α-hetero) is 1. The quantitative estimate of drug-likeness (QED) is 0.251. The standard InChI is InChI=1S/C22H23F4N3O4/c1-6-21(4,10-30)28-20(33)18(31)16-11(2)17(29(5)12(16)3)19(32)27-13-7-8-15(23)14(9-13)22(24,25)26/h6-9,30H,1,10H2,2-5H3,(H,27,32)(H,28,33)/t21-/m0/s1. The summed E-state index contributed by atoms with van der Waals surface area (Å²) < 4.78 is 53.7. The summed E-state index contributed by atoms with van der Waals surface area (Å²) in [5.74, 6) is -4.35. The van der Waals surface area contributed by atoms with Crippen LogP contribution in [0.5, 0.6) is 0 Å². The van der Waals surface area contributed by atoms with Crippen molar-refractivity contribution in [2.45, 2.75) is 32.5 Å². The van der Waals surface area contributed by atoms with Gasteiger partial charge >= 0.3 is 6.18 Å². The highest BCUT2D eigenvalue weighted by Gasteiger charge is 2.35.